The van der Waals surface area contributed by atoms with E-state index >= 15 is 0 Å². The molecular formula is C17H28BrN3. The number of halogens is 1. The summed E-state index contributed by atoms with van der Waals surface area (Å²) in [5, 5.41) is 0. The van der Waals surface area contributed by atoms with Crippen molar-refractivity contribution in [1.82, 2.24) is 9.97 Å². The highest BCUT2D eigenvalue weighted by atomic mass is 79.9. The highest BCUT2D eigenvalue weighted by Crippen LogP contribution is 2.39. The van der Waals surface area contributed by atoms with Crippen molar-refractivity contribution in [2.45, 2.75) is 71.6 Å². The van der Waals surface area contributed by atoms with Gasteiger partial charge in [0.1, 0.15) is 11.6 Å². The van der Waals surface area contributed by atoms with Gasteiger partial charge in [-0.25, -0.2) is 9.97 Å². The number of aromatic nitrogens is 2. The van der Waals surface area contributed by atoms with Crippen molar-refractivity contribution < 1.29 is 0 Å². The summed E-state index contributed by atoms with van der Waals surface area (Å²) in [7, 11) is 0. The van der Waals surface area contributed by atoms with E-state index in [-0.39, 0.29) is 5.41 Å². The third-order valence-electron chi connectivity index (χ3n) is 4.68. The summed E-state index contributed by atoms with van der Waals surface area (Å²) in [5.74, 6) is 3.64. The van der Waals surface area contributed by atoms with Gasteiger partial charge in [-0.2, -0.15) is 0 Å². The maximum Gasteiger partial charge on any atom is 0.141 e. The van der Waals surface area contributed by atoms with E-state index in [1.807, 2.05) is 0 Å². The molecule has 1 heterocycles. The molecule has 0 saturated heterocycles. The van der Waals surface area contributed by atoms with Gasteiger partial charge >= 0.3 is 0 Å². The summed E-state index contributed by atoms with van der Waals surface area (Å²) >= 11 is 3.55. The predicted molar refractivity (Wildman–Crippen MR) is 92.4 cm³/mol. The Hall–Kier alpha value is -0.640. The Bertz CT molecular complexity index is 497. The molecule has 0 unspecified atom stereocenters. The fraction of sp³-hybridized carbons (Fsp3) is 0.765. The van der Waals surface area contributed by atoms with Crippen LogP contribution in [0.3, 0.4) is 0 Å². The molecule has 3 nitrogen and oxygen atoms in total. The van der Waals surface area contributed by atoms with E-state index < -0.39 is 0 Å². The molecule has 21 heavy (non-hydrogen) atoms. The van der Waals surface area contributed by atoms with E-state index in [2.05, 4.69) is 55.5 Å². The highest BCUT2D eigenvalue weighted by Gasteiger charge is 2.29. The van der Waals surface area contributed by atoms with Gasteiger partial charge in [-0.1, -0.05) is 34.6 Å². The maximum absolute atomic E-state index is 6.10. The molecule has 118 valence electrons. The molecule has 0 amide bonds. The minimum absolute atomic E-state index is 0.0280. The lowest BCUT2D eigenvalue weighted by Crippen LogP contribution is -2.22. The number of nitrogens with two attached hydrogens (primary N) is 1. The van der Waals surface area contributed by atoms with Crippen molar-refractivity contribution in [2.24, 2.45) is 11.8 Å². The SMILES string of the molecule is CC(C)C1CCC(c2nc(N)c(Br)c(C(C)(C)C)n2)CC1. The molecule has 1 saturated carbocycles. The maximum atomic E-state index is 6.10. The number of hydrogen-bond acceptors (Lipinski definition) is 3. The van der Waals surface area contributed by atoms with Gasteiger partial charge in [-0.3, -0.25) is 0 Å². The van der Waals surface area contributed by atoms with Crippen LogP contribution in [0.1, 0.15) is 77.7 Å². The minimum Gasteiger partial charge on any atom is -0.383 e. The Morgan fingerprint density at radius 1 is 1.10 bits per heavy atom. The summed E-state index contributed by atoms with van der Waals surface area (Å²) in [6.07, 6.45) is 4.94. The molecule has 2 rings (SSSR count). The molecule has 1 aliphatic carbocycles. The first-order chi connectivity index (χ1) is 9.70. The van der Waals surface area contributed by atoms with Crippen molar-refractivity contribution in [1.29, 1.82) is 0 Å². The summed E-state index contributed by atoms with van der Waals surface area (Å²) < 4.78 is 0.856. The lowest BCUT2D eigenvalue weighted by Gasteiger charge is -2.31. The van der Waals surface area contributed by atoms with Crippen molar-refractivity contribution in [3.8, 4) is 0 Å². The standard InChI is InChI=1S/C17H28BrN3/c1-10(2)11-6-8-12(9-7-11)16-20-14(17(3,4)5)13(18)15(19)21-16/h10-12H,6-9H2,1-5H3,(H2,19,20,21). The zero-order valence-electron chi connectivity index (χ0n) is 13.9. The lowest BCUT2D eigenvalue weighted by molar-refractivity contribution is 0.254. The van der Waals surface area contributed by atoms with E-state index in [0.717, 1.165) is 27.8 Å². The molecule has 1 aliphatic rings. The van der Waals surface area contributed by atoms with Crippen molar-refractivity contribution >= 4 is 21.7 Å². The topological polar surface area (TPSA) is 51.8 Å². The van der Waals surface area contributed by atoms with Crippen LogP contribution in [0.5, 0.6) is 0 Å². The number of hydrogen-bond donors (Lipinski definition) is 1. The van der Waals surface area contributed by atoms with Crippen LogP contribution in [-0.2, 0) is 5.41 Å². The monoisotopic (exact) mass is 353 g/mol. The van der Waals surface area contributed by atoms with E-state index in [0.29, 0.717) is 11.7 Å². The Morgan fingerprint density at radius 2 is 1.67 bits per heavy atom. The van der Waals surface area contributed by atoms with Gasteiger partial charge in [0.25, 0.3) is 0 Å². The molecule has 0 bridgehead atoms. The predicted octanol–water partition coefficient (Wildman–Crippen LogP) is 5.05. The summed E-state index contributed by atoms with van der Waals surface area (Å²) in [4.78, 5) is 9.42. The van der Waals surface area contributed by atoms with Gasteiger partial charge in [-0.15, -0.1) is 0 Å². The molecule has 0 aromatic carbocycles. The fourth-order valence-corrected chi connectivity index (χ4v) is 3.98. The van der Waals surface area contributed by atoms with Crippen LogP contribution in [0.2, 0.25) is 0 Å². The van der Waals surface area contributed by atoms with Crippen LogP contribution in [0.15, 0.2) is 4.47 Å². The first kappa shape index (κ1) is 16.7. The Kier molecular flexibility index (Phi) is 4.96. The van der Waals surface area contributed by atoms with Crippen molar-refractivity contribution in [2.75, 3.05) is 5.73 Å². The van der Waals surface area contributed by atoms with Crippen molar-refractivity contribution in [3.05, 3.63) is 16.0 Å². The highest BCUT2D eigenvalue weighted by molar-refractivity contribution is 9.10. The largest absolute Gasteiger partial charge is 0.383 e. The van der Waals surface area contributed by atoms with Gasteiger partial charge in [0, 0.05) is 11.3 Å². The zero-order chi connectivity index (χ0) is 15.8. The average Bonchev–Trinajstić information content (AvgIpc) is 2.40. The quantitative estimate of drug-likeness (QED) is 0.809. The molecule has 0 spiro atoms. The first-order valence-corrected chi connectivity index (χ1v) is 8.82. The van der Waals surface area contributed by atoms with Crippen LogP contribution >= 0.6 is 15.9 Å². The van der Waals surface area contributed by atoms with Crippen LogP contribution in [0.25, 0.3) is 0 Å². The molecule has 1 aromatic heterocycles. The third-order valence-corrected chi connectivity index (χ3v) is 5.47. The van der Waals surface area contributed by atoms with Gasteiger partial charge in [0.05, 0.1) is 10.2 Å². The molecule has 1 aromatic rings. The molecule has 0 atom stereocenters. The van der Waals surface area contributed by atoms with Crippen LogP contribution in [0.4, 0.5) is 5.82 Å². The number of anilines is 1. The molecule has 4 heteroatoms. The molecular weight excluding hydrogens is 326 g/mol. The molecule has 2 N–H and O–H groups in total. The fourth-order valence-electron chi connectivity index (χ4n) is 3.21. The van der Waals surface area contributed by atoms with E-state index in [1.54, 1.807) is 0 Å². The number of nitrogen functional groups attached to an aromatic ring is 1. The lowest BCUT2D eigenvalue weighted by atomic mass is 9.76. The second-order valence-electron chi connectivity index (χ2n) is 7.74. The van der Waals surface area contributed by atoms with Gasteiger partial charge in [0.15, 0.2) is 0 Å². The van der Waals surface area contributed by atoms with E-state index in [9.17, 15) is 0 Å². The second-order valence-corrected chi connectivity index (χ2v) is 8.53. The summed E-state index contributed by atoms with van der Waals surface area (Å²) in [6.45, 7) is 11.2. The van der Waals surface area contributed by atoms with Gasteiger partial charge < -0.3 is 5.73 Å². The number of nitrogens with zero attached hydrogens (tertiary/aromatic N) is 2. The van der Waals surface area contributed by atoms with Crippen LogP contribution < -0.4 is 5.73 Å². The Labute approximate surface area is 137 Å². The average molecular weight is 354 g/mol. The van der Waals surface area contributed by atoms with E-state index in [4.69, 9.17) is 10.7 Å². The number of rotatable bonds is 2. The molecule has 0 aliphatic heterocycles. The Balaban J connectivity index is 2.24. The third kappa shape index (κ3) is 3.77. The van der Waals surface area contributed by atoms with Gasteiger partial charge in [0.2, 0.25) is 0 Å². The second kappa shape index (κ2) is 6.23. The van der Waals surface area contributed by atoms with E-state index in [1.165, 1.54) is 25.7 Å². The Morgan fingerprint density at radius 3 is 2.14 bits per heavy atom. The normalized spacial score (nSPS) is 23.6. The summed E-state index contributed by atoms with van der Waals surface area (Å²) in [5.41, 5.74) is 7.10. The first-order valence-electron chi connectivity index (χ1n) is 8.03. The van der Waals surface area contributed by atoms with Crippen molar-refractivity contribution in [3.63, 3.8) is 0 Å². The van der Waals surface area contributed by atoms with Gasteiger partial charge in [-0.05, 0) is 53.4 Å². The van der Waals surface area contributed by atoms with Crippen LogP contribution in [0, 0.1) is 11.8 Å². The molecule has 0 radical (unpaired) electrons. The molecule has 1 fully saturated rings. The van der Waals surface area contributed by atoms with Crippen LogP contribution in [-0.4, -0.2) is 9.97 Å². The zero-order valence-corrected chi connectivity index (χ0v) is 15.5. The summed E-state index contributed by atoms with van der Waals surface area (Å²) in [6, 6.07) is 0. The smallest absolute Gasteiger partial charge is 0.141 e. The minimum atomic E-state index is -0.0280.